The first-order chi connectivity index (χ1) is 10.3. The summed E-state index contributed by atoms with van der Waals surface area (Å²) in [6, 6.07) is -0.494. The van der Waals surface area contributed by atoms with Crippen molar-refractivity contribution in [2.24, 2.45) is 17.1 Å². The molecule has 1 atom stereocenters. The first-order valence-electron chi connectivity index (χ1n) is 8.08. The highest BCUT2D eigenvalue weighted by Crippen LogP contribution is 2.23. The van der Waals surface area contributed by atoms with E-state index in [1.54, 1.807) is 12.0 Å². The molecule has 0 aromatic carbocycles. The zero-order chi connectivity index (χ0) is 16.8. The van der Waals surface area contributed by atoms with Crippen molar-refractivity contribution >= 4 is 11.8 Å². The minimum Gasteiger partial charge on any atom is -0.385 e. The van der Waals surface area contributed by atoms with E-state index in [1.807, 2.05) is 20.8 Å². The molecule has 0 aromatic heterocycles. The van der Waals surface area contributed by atoms with Crippen LogP contribution in [0.15, 0.2) is 0 Å². The predicted molar refractivity (Wildman–Crippen MR) is 86.2 cm³/mol. The van der Waals surface area contributed by atoms with Gasteiger partial charge < -0.3 is 20.7 Å². The van der Waals surface area contributed by atoms with Crippen LogP contribution >= 0.6 is 0 Å². The van der Waals surface area contributed by atoms with Crippen molar-refractivity contribution < 1.29 is 14.3 Å². The van der Waals surface area contributed by atoms with E-state index in [4.69, 9.17) is 10.5 Å². The summed E-state index contributed by atoms with van der Waals surface area (Å²) in [6.45, 7) is 8.41. The Bertz CT molecular complexity index is 371. The summed E-state index contributed by atoms with van der Waals surface area (Å²) in [5.74, 6) is 0.0761. The van der Waals surface area contributed by atoms with Gasteiger partial charge >= 0.3 is 0 Å². The van der Waals surface area contributed by atoms with E-state index in [0.29, 0.717) is 39.1 Å². The lowest BCUT2D eigenvalue weighted by Gasteiger charge is -2.36. The van der Waals surface area contributed by atoms with Gasteiger partial charge in [-0.2, -0.15) is 0 Å². The molecule has 1 aliphatic heterocycles. The van der Waals surface area contributed by atoms with Gasteiger partial charge in [-0.25, -0.2) is 0 Å². The molecule has 1 fully saturated rings. The van der Waals surface area contributed by atoms with Crippen LogP contribution in [0.4, 0.5) is 0 Å². The molecule has 1 rings (SSSR count). The SMILES string of the molecule is COCCCNC(=O)C1CCN(C(=O)[C@@H](N)C(C)(C)C)CC1. The molecule has 0 saturated carbocycles. The summed E-state index contributed by atoms with van der Waals surface area (Å²) < 4.78 is 4.95. The summed E-state index contributed by atoms with van der Waals surface area (Å²) in [7, 11) is 1.65. The molecule has 6 heteroatoms. The van der Waals surface area contributed by atoms with Gasteiger partial charge in [0.2, 0.25) is 11.8 Å². The lowest BCUT2D eigenvalue weighted by atomic mass is 9.86. The summed E-state index contributed by atoms with van der Waals surface area (Å²) in [5, 5.41) is 2.93. The molecule has 0 aliphatic carbocycles. The van der Waals surface area contributed by atoms with Crippen LogP contribution in [0.1, 0.15) is 40.0 Å². The molecular weight excluding hydrogens is 282 g/mol. The monoisotopic (exact) mass is 313 g/mol. The third-order valence-electron chi connectivity index (χ3n) is 4.20. The van der Waals surface area contributed by atoms with E-state index >= 15 is 0 Å². The highest BCUT2D eigenvalue weighted by molar-refractivity contribution is 5.83. The molecule has 0 unspecified atom stereocenters. The number of ether oxygens (including phenoxy) is 1. The van der Waals surface area contributed by atoms with Gasteiger partial charge in [0, 0.05) is 39.3 Å². The topological polar surface area (TPSA) is 84.7 Å². The van der Waals surface area contributed by atoms with Crippen molar-refractivity contribution in [2.45, 2.75) is 46.1 Å². The maximum atomic E-state index is 12.4. The molecule has 0 aromatic rings. The highest BCUT2D eigenvalue weighted by Gasteiger charge is 2.34. The van der Waals surface area contributed by atoms with Crippen LogP contribution in [0, 0.1) is 11.3 Å². The minimum absolute atomic E-state index is 0.00236. The Labute approximate surface area is 133 Å². The third-order valence-corrected chi connectivity index (χ3v) is 4.20. The zero-order valence-corrected chi connectivity index (χ0v) is 14.4. The normalized spacial score (nSPS) is 18.1. The predicted octanol–water partition coefficient (Wildman–Crippen LogP) is 0.751. The molecule has 1 saturated heterocycles. The number of carbonyl (C=O) groups is 2. The van der Waals surface area contributed by atoms with Crippen LogP contribution in [-0.4, -0.2) is 56.1 Å². The second-order valence-corrected chi connectivity index (χ2v) is 7.08. The second kappa shape index (κ2) is 8.48. The van der Waals surface area contributed by atoms with Crippen molar-refractivity contribution in [1.29, 1.82) is 0 Å². The number of nitrogens with two attached hydrogens (primary N) is 1. The van der Waals surface area contributed by atoms with E-state index in [1.165, 1.54) is 0 Å². The number of rotatable bonds is 6. The van der Waals surface area contributed by atoms with Gasteiger partial charge in [0.15, 0.2) is 0 Å². The van der Waals surface area contributed by atoms with Gasteiger partial charge in [-0.1, -0.05) is 20.8 Å². The van der Waals surface area contributed by atoms with Crippen LogP contribution in [0.5, 0.6) is 0 Å². The molecule has 0 radical (unpaired) electrons. The quantitative estimate of drug-likeness (QED) is 0.709. The Morgan fingerprint density at radius 3 is 2.41 bits per heavy atom. The summed E-state index contributed by atoms with van der Waals surface area (Å²) in [4.78, 5) is 26.2. The Balaban J connectivity index is 2.37. The number of amides is 2. The maximum Gasteiger partial charge on any atom is 0.240 e. The summed E-state index contributed by atoms with van der Waals surface area (Å²) in [6.07, 6.45) is 2.23. The molecule has 1 aliphatic rings. The van der Waals surface area contributed by atoms with Gasteiger partial charge in [-0.3, -0.25) is 9.59 Å². The zero-order valence-electron chi connectivity index (χ0n) is 14.4. The van der Waals surface area contributed by atoms with E-state index < -0.39 is 6.04 Å². The van der Waals surface area contributed by atoms with Crippen LogP contribution < -0.4 is 11.1 Å². The number of nitrogens with one attached hydrogen (secondary N) is 1. The molecular formula is C16H31N3O3. The number of nitrogens with zero attached hydrogens (tertiary/aromatic N) is 1. The van der Waals surface area contributed by atoms with Crippen molar-refractivity contribution in [3.8, 4) is 0 Å². The smallest absolute Gasteiger partial charge is 0.240 e. The van der Waals surface area contributed by atoms with E-state index in [-0.39, 0.29) is 23.1 Å². The standard InChI is InChI=1S/C16H31N3O3/c1-16(2,3)13(17)15(21)19-9-6-12(7-10-19)14(20)18-8-5-11-22-4/h12-13H,5-11,17H2,1-4H3,(H,18,20)/t13-/m1/s1. The molecule has 0 bridgehead atoms. The number of piperidine rings is 1. The van der Waals surface area contributed by atoms with Gasteiger partial charge in [-0.15, -0.1) is 0 Å². The Morgan fingerprint density at radius 1 is 1.32 bits per heavy atom. The molecule has 0 spiro atoms. The van der Waals surface area contributed by atoms with E-state index in [2.05, 4.69) is 5.32 Å². The van der Waals surface area contributed by atoms with Crippen LogP contribution in [-0.2, 0) is 14.3 Å². The van der Waals surface area contributed by atoms with Crippen LogP contribution in [0.2, 0.25) is 0 Å². The molecule has 1 heterocycles. The number of methoxy groups -OCH3 is 1. The summed E-state index contributed by atoms with van der Waals surface area (Å²) in [5.41, 5.74) is 5.79. The molecule has 128 valence electrons. The molecule has 6 nitrogen and oxygen atoms in total. The lowest BCUT2D eigenvalue weighted by molar-refractivity contribution is -0.138. The molecule has 2 amide bonds. The first kappa shape index (κ1) is 18.9. The van der Waals surface area contributed by atoms with Gasteiger partial charge in [0.1, 0.15) is 0 Å². The van der Waals surface area contributed by atoms with E-state index in [0.717, 1.165) is 6.42 Å². The van der Waals surface area contributed by atoms with Crippen LogP contribution in [0.25, 0.3) is 0 Å². The Kier molecular flexibility index (Phi) is 7.29. The van der Waals surface area contributed by atoms with Crippen molar-refractivity contribution in [2.75, 3.05) is 33.4 Å². The average molecular weight is 313 g/mol. The second-order valence-electron chi connectivity index (χ2n) is 7.08. The highest BCUT2D eigenvalue weighted by atomic mass is 16.5. The fourth-order valence-electron chi connectivity index (χ4n) is 2.50. The number of hydrogen-bond acceptors (Lipinski definition) is 4. The fourth-order valence-corrected chi connectivity index (χ4v) is 2.50. The van der Waals surface area contributed by atoms with E-state index in [9.17, 15) is 9.59 Å². The largest absolute Gasteiger partial charge is 0.385 e. The van der Waals surface area contributed by atoms with Gasteiger partial charge in [-0.05, 0) is 24.7 Å². The van der Waals surface area contributed by atoms with Crippen molar-refractivity contribution in [3.63, 3.8) is 0 Å². The summed E-state index contributed by atoms with van der Waals surface area (Å²) >= 11 is 0. The van der Waals surface area contributed by atoms with Crippen molar-refractivity contribution in [3.05, 3.63) is 0 Å². The van der Waals surface area contributed by atoms with Gasteiger partial charge in [0.05, 0.1) is 6.04 Å². The third kappa shape index (κ3) is 5.57. The number of carbonyl (C=O) groups excluding carboxylic acids is 2. The fraction of sp³-hybridized carbons (Fsp3) is 0.875. The Hall–Kier alpha value is -1.14. The lowest BCUT2D eigenvalue weighted by Crippen LogP contribution is -2.53. The number of likely N-dealkylation sites (tertiary alicyclic amines) is 1. The average Bonchev–Trinajstić information content (AvgIpc) is 2.49. The van der Waals surface area contributed by atoms with Gasteiger partial charge in [0.25, 0.3) is 0 Å². The molecule has 3 N–H and O–H groups in total. The first-order valence-corrected chi connectivity index (χ1v) is 8.08. The van der Waals surface area contributed by atoms with Crippen molar-refractivity contribution in [1.82, 2.24) is 10.2 Å². The minimum atomic E-state index is -0.494. The maximum absolute atomic E-state index is 12.4. The van der Waals surface area contributed by atoms with Crippen LogP contribution in [0.3, 0.4) is 0 Å². The number of hydrogen-bond donors (Lipinski definition) is 2. The Morgan fingerprint density at radius 2 is 1.91 bits per heavy atom. The molecule has 22 heavy (non-hydrogen) atoms.